The van der Waals surface area contributed by atoms with Gasteiger partial charge in [0.1, 0.15) is 11.6 Å². The number of aryl methyl sites for hydroxylation is 1. The fraction of sp³-hybridized carbons (Fsp3) is 0.350. The number of carbonyl (C=O) groups is 3. The molecule has 0 radical (unpaired) electrons. The number of hydrogen-bond acceptors (Lipinski definition) is 9. The molecule has 2 fully saturated rings. The van der Waals surface area contributed by atoms with Crippen LogP contribution in [0.25, 0.3) is 0 Å². The highest BCUT2D eigenvalue weighted by molar-refractivity contribution is 6.01. The van der Waals surface area contributed by atoms with Gasteiger partial charge in [-0.05, 0) is 62.1 Å². The van der Waals surface area contributed by atoms with Crippen LogP contribution >= 0.6 is 0 Å². The molecule has 0 saturated carbocycles. The number of imide groups is 1. The number of carbonyl (C=O) groups excluding carboxylic acids is 3. The quantitative estimate of drug-likeness (QED) is 0.122. The predicted molar refractivity (Wildman–Crippen MR) is 202 cm³/mol. The Hall–Kier alpha value is -5.63. The summed E-state index contributed by atoms with van der Waals surface area (Å²) in [5.74, 6) is -0.596. The van der Waals surface area contributed by atoms with Gasteiger partial charge in [0.15, 0.2) is 0 Å². The van der Waals surface area contributed by atoms with Crippen LogP contribution in [0, 0.1) is 6.92 Å². The predicted octanol–water partition coefficient (Wildman–Crippen LogP) is 6.89. The summed E-state index contributed by atoms with van der Waals surface area (Å²) in [5, 5.41) is 11.0. The van der Waals surface area contributed by atoms with Crippen molar-refractivity contribution in [3.05, 3.63) is 101 Å². The number of hydrogen-bond donors (Lipinski definition) is 4. The maximum atomic E-state index is 14.1. The van der Waals surface area contributed by atoms with Crippen molar-refractivity contribution in [1.29, 1.82) is 0 Å². The molecule has 1 atom stereocenters. The van der Waals surface area contributed by atoms with E-state index in [0.29, 0.717) is 30.8 Å². The second-order valence-corrected chi connectivity index (χ2v) is 13.8. The van der Waals surface area contributed by atoms with E-state index in [0.717, 1.165) is 54.8 Å². The van der Waals surface area contributed by atoms with E-state index in [4.69, 9.17) is 4.74 Å². The highest BCUT2D eigenvalue weighted by Crippen LogP contribution is 2.40. The number of aromatic nitrogens is 1. The molecule has 14 heteroatoms. The molecule has 3 heterocycles. The highest BCUT2D eigenvalue weighted by atomic mass is 19.4. The van der Waals surface area contributed by atoms with Crippen molar-refractivity contribution < 1.29 is 32.3 Å². The van der Waals surface area contributed by atoms with Gasteiger partial charge in [-0.25, -0.2) is 4.98 Å². The fourth-order valence-electron chi connectivity index (χ4n) is 6.92. The van der Waals surface area contributed by atoms with Gasteiger partial charge >= 0.3 is 6.18 Å². The molecule has 4 N–H and O–H groups in total. The first-order valence-electron chi connectivity index (χ1n) is 17.9. The average Bonchev–Trinajstić information content (AvgIpc) is 3.13. The molecule has 3 amide bonds. The minimum atomic E-state index is -4.71. The first-order chi connectivity index (χ1) is 25.8. The molecular weight excluding hydrogens is 699 g/mol. The van der Waals surface area contributed by atoms with Crippen LogP contribution in [0.5, 0.6) is 5.75 Å². The molecule has 4 aromatic rings. The number of rotatable bonds is 11. The van der Waals surface area contributed by atoms with Gasteiger partial charge in [-0.2, -0.15) is 13.2 Å². The summed E-state index contributed by atoms with van der Waals surface area (Å²) >= 11 is 0. The number of nitrogens with zero attached hydrogens (tertiary/aromatic N) is 3. The summed E-state index contributed by atoms with van der Waals surface area (Å²) in [4.78, 5) is 45.6. The molecule has 6 rings (SSSR count). The van der Waals surface area contributed by atoms with Crippen LogP contribution in [0.2, 0.25) is 0 Å². The number of anilines is 5. The third-order valence-electron chi connectivity index (χ3n) is 9.58. The van der Waals surface area contributed by atoms with Gasteiger partial charge in [0.2, 0.25) is 11.8 Å². The van der Waals surface area contributed by atoms with Crippen molar-refractivity contribution in [2.45, 2.75) is 58.4 Å². The summed E-state index contributed by atoms with van der Waals surface area (Å²) in [5.41, 5.74) is 3.64. The molecule has 0 spiro atoms. The van der Waals surface area contributed by atoms with Crippen LogP contribution in [0.3, 0.4) is 0 Å². The average molecular weight is 744 g/mol. The third-order valence-corrected chi connectivity index (χ3v) is 9.58. The summed E-state index contributed by atoms with van der Waals surface area (Å²) in [7, 11) is 1.45. The number of alkyl halides is 3. The van der Waals surface area contributed by atoms with Crippen LogP contribution in [-0.2, 0) is 22.3 Å². The summed E-state index contributed by atoms with van der Waals surface area (Å²) in [6, 6.07) is 19.4. The van der Waals surface area contributed by atoms with Crippen molar-refractivity contribution in [2.75, 3.05) is 48.8 Å². The number of amides is 3. The number of halogens is 3. The van der Waals surface area contributed by atoms with Crippen molar-refractivity contribution in [3.8, 4) is 5.75 Å². The van der Waals surface area contributed by atoms with Gasteiger partial charge in [-0.3, -0.25) is 24.6 Å². The number of pyridine rings is 1. The van der Waals surface area contributed by atoms with E-state index in [9.17, 15) is 27.6 Å². The van der Waals surface area contributed by atoms with Gasteiger partial charge in [0.05, 0.1) is 40.2 Å². The van der Waals surface area contributed by atoms with Crippen molar-refractivity contribution >= 4 is 46.3 Å². The summed E-state index contributed by atoms with van der Waals surface area (Å²) < 4.78 is 48.6. The van der Waals surface area contributed by atoms with E-state index >= 15 is 0 Å². The largest absolute Gasteiger partial charge is 0.489 e. The Morgan fingerprint density at radius 3 is 2.39 bits per heavy atom. The molecule has 2 saturated heterocycles. The normalized spacial score (nSPS) is 16.6. The Labute approximate surface area is 312 Å². The zero-order chi connectivity index (χ0) is 38.6. The molecule has 11 nitrogen and oxygen atoms in total. The Kier molecular flexibility index (Phi) is 11.4. The molecule has 0 aliphatic carbocycles. The van der Waals surface area contributed by atoms with Crippen LogP contribution in [-0.4, -0.2) is 66.9 Å². The van der Waals surface area contributed by atoms with Gasteiger partial charge in [-0.1, -0.05) is 36.4 Å². The highest BCUT2D eigenvalue weighted by Gasteiger charge is 2.35. The summed E-state index contributed by atoms with van der Waals surface area (Å²) in [6.45, 7) is 9.49. The second kappa shape index (κ2) is 16.2. The maximum absolute atomic E-state index is 14.1. The van der Waals surface area contributed by atoms with Crippen LogP contribution in [0.15, 0.2) is 72.9 Å². The zero-order valence-electron chi connectivity index (χ0n) is 30.6. The van der Waals surface area contributed by atoms with Gasteiger partial charge in [0, 0.05) is 70.2 Å². The Morgan fingerprint density at radius 1 is 0.963 bits per heavy atom. The van der Waals surface area contributed by atoms with Gasteiger partial charge in [-0.15, -0.1) is 0 Å². The zero-order valence-corrected chi connectivity index (χ0v) is 30.6. The Balaban J connectivity index is 1.20. The molecule has 2 aliphatic heterocycles. The van der Waals surface area contributed by atoms with E-state index in [2.05, 4.69) is 36.1 Å². The number of benzene rings is 3. The molecular formula is C40H44F3N7O4. The minimum absolute atomic E-state index is 0.148. The third kappa shape index (κ3) is 8.76. The van der Waals surface area contributed by atoms with Crippen molar-refractivity contribution in [3.63, 3.8) is 0 Å². The van der Waals surface area contributed by atoms with Gasteiger partial charge < -0.3 is 25.6 Å². The molecule has 54 heavy (non-hydrogen) atoms. The first kappa shape index (κ1) is 38.1. The monoisotopic (exact) mass is 743 g/mol. The topological polar surface area (TPSA) is 128 Å². The Bertz CT molecular complexity index is 2030. The SMILES string of the molecule is CNC(=O)c1ccccc1Nc1cc(Nc2cc(C)c(N3CCN(Cc4ccccc4C4CCC(=O)NC4=O)CC3)cc2OC(C)C)ncc1C(F)(F)F. The fourth-order valence-corrected chi connectivity index (χ4v) is 6.92. The number of ether oxygens (including phenoxy) is 1. The lowest BCUT2D eigenvalue weighted by atomic mass is 9.87. The van der Waals surface area contributed by atoms with E-state index in [1.165, 1.54) is 25.2 Å². The second-order valence-electron chi connectivity index (χ2n) is 13.8. The molecule has 284 valence electrons. The lowest BCUT2D eigenvalue weighted by Crippen LogP contribution is -2.46. The van der Waals surface area contributed by atoms with E-state index in [1.807, 2.05) is 57.2 Å². The summed E-state index contributed by atoms with van der Waals surface area (Å²) in [6.07, 6.45) is -3.31. The van der Waals surface area contributed by atoms with Crippen LogP contribution in [0.4, 0.5) is 41.7 Å². The molecule has 3 aromatic carbocycles. The van der Waals surface area contributed by atoms with E-state index in [1.54, 1.807) is 12.1 Å². The molecule has 0 bridgehead atoms. The number of para-hydroxylation sites is 1. The number of piperazine rings is 1. The standard InChI is InChI=1S/C40H44F3N7O4/c1-24(2)54-35-21-34(50-17-15-49(16-18-50)23-26-9-5-6-10-27(26)28-13-14-37(51)48-39(28)53)25(3)19-33(35)47-36-20-32(30(22-45-36)40(41,42)43)46-31-12-8-7-11-29(31)38(52)44-4/h5-12,19-22,24,28H,13-18,23H2,1-4H3,(H,44,52)(H2,45,46,47)(H,48,51,53). The van der Waals surface area contributed by atoms with E-state index in [-0.39, 0.29) is 46.6 Å². The van der Waals surface area contributed by atoms with Gasteiger partial charge in [0.25, 0.3) is 5.91 Å². The lowest BCUT2D eigenvalue weighted by molar-refractivity contribution is -0.137. The van der Waals surface area contributed by atoms with E-state index < -0.39 is 17.6 Å². The minimum Gasteiger partial charge on any atom is -0.489 e. The van der Waals surface area contributed by atoms with Crippen LogP contribution in [0.1, 0.15) is 65.2 Å². The molecule has 1 unspecified atom stereocenters. The van der Waals surface area contributed by atoms with Crippen molar-refractivity contribution in [2.24, 2.45) is 0 Å². The smallest absolute Gasteiger partial charge is 0.419 e. The van der Waals surface area contributed by atoms with Crippen LogP contribution < -0.4 is 30.9 Å². The lowest BCUT2D eigenvalue weighted by Gasteiger charge is -2.37. The number of nitrogens with one attached hydrogen (secondary N) is 4. The number of piperidine rings is 1. The maximum Gasteiger partial charge on any atom is 0.419 e. The molecule has 1 aromatic heterocycles. The Morgan fingerprint density at radius 2 is 1.69 bits per heavy atom. The first-order valence-corrected chi connectivity index (χ1v) is 17.9. The van der Waals surface area contributed by atoms with Crippen molar-refractivity contribution in [1.82, 2.24) is 20.5 Å². The molecule has 2 aliphatic rings.